The van der Waals surface area contributed by atoms with Crippen molar-refractivity contribution in [3.8, 4) is 0 Å². The van der Waals surface area contributed by atoms with Crippen molar-refractivity contribution in [2.45, 2.75) is 13.0 Å². The van der Waals surface area contributed by atoms with Gasteiger partial charge in [0.05, 0.1) is 29.0 Å². The Morgan fingerprint density at radius 2 is 2.12 bits per heavy atom. The van der Waals surface area contributed by atoms with E-state index < -0.39 is 5.82 Å². The van der Waals surface area contributed by atoms with Crippen LogP contribution in [-0.4, -0.2) is 11.6 Å². The number of fused-ring (bicyclic) bond motifs is 2. The van der Waals surface area contributed by atoms with Gasteiger partial charge in [0.25, 0.3) is 0 Å². The van der Waals surface area contributed by atoms with Gasteiger partial charge in [-0.2, -0.15) is 0 Å². The van der Waals surface area contributed by atoms with E-state index in [0.717, 1.165) is 11.3 Å². The van der Waals surface area contributed by atoms with Gasteiger partial charge in [-0.3, -0.25) is 0 Å². The first-order valence-electron chi connectivity index (χ1n) is 5.21. The lowest BCUT2D eigenvalue weighted by atomic mass is 10.1. The molecule has 17 heavy (non-hydrogen) atoms. The molecule has 1 aliphatic heterocycles. The maximum Gasteiger partial charge on any atom is 0.168 e. The van der Waals surface area contributed by atoms with Crippen LogP contribution in [0.15, 0.2) is 12.1 Å². The number of benzene rings is 1. The van der Waals surface area contributed by atoms with Crippen LogP contribution in [0.5, 0.6) is 0 Å². The Kier molecular flexibility index (Phi) is 2.69. The smallest absolute Gasteiger partial charge is 0.168 e. The molecular weight excluding hydrogens is 264 g/mol. The van der Waals surface area contributed by atoms with Crippen LogP contribution < -0.4 is 0 Å². The molecule has 0 aliphatic carbocycles. The van der Waals surface area contributed by atoms with E-state index in [1.54, 1.807) is 6.07 Å². The third-order valence-electron chi connectivity index (χ3n) is 2.90. The lowest BCUT2D eigenvalue weighted by Gasteiger charge is -2.18. The van der Waals surface area contributed by atoms with Gasteiger partial charge in [0, 0.05) is 17.4 Å². The van der Waals surface area contributed by atoms with Gasteiger partial charge in [-0.05, 0) is 12.1 Å². The normalized spacial score (nSPS) is 15.0. The highest BCUT2D eigenvalue weighted by Gasteiger charge is 2.19. The average molecular weight is 272 g/mol. The number of hydrogen-bond donors (Lipinski definition) is 0. The zero-order valence-corrected chi connectivity index (χ0v) is 10.3. The minimum atomic E-state index is -0.514. The van der Waals surface area contributed by atoms with Crippen molar-refractivity contribution in [3.63, 3.8) is 0 Å². The molecule has 0 fully saturated rings. The Hall–Kier alpha value is -0.900. The predicted molar refractivity (Wildman–Crippen MR) is 65.1 cm³/mol. The molecule has 0 saturated carbocycles. The van der Waals surface area contributed by atoms with Crippen molar-refractivity contribution in [1.82, 2.24) is 4.98 Å². The first-order valence-corrected chi connectivity index (χ1v) is 5.97. The largest absolute Gasteiger partial charge is 0.376 e. The zero-order chi connectivity index (χ0) is 12.0. The quantitative estimate of drug-likeness (QED) is 0.728. The summed E-state index contributed by atoms with van der Waals surface area (Å²) in [4.78, 5) is 4.31. The summed E-state index contributed by atoms with van der Waals surface area (Å²) in [5.74, 6) is -0.514. The van der Waals surface area contributed by atoms with Crippen LogP contribution >= 0.6 is 23.2 Å². The number of pyridine rings is 1. The van der Waals surface area contributed by atoms with Crippen molar-refractivity contribution in [1.29, 1.82) is 0 Å². The molecule has 0 bridgehead atoms. The maximum absolute atomic E-state index is 13.9. The fourth-order valence-corrected chi connectivity index (χ4v) is 2.48. The SMILES string of the molecule is Fc1c(Cl)ccc2c(Cl)c3c(nc12)CCOC3. The summed E-state index contributed by atoms with van der Waals surface area (Å²) in [7, 11) is 0. The number of halogens is 3. The number of ether oxygens (including phenoxy) is 1. The number of nitrogens with zero attached hydrogens (tertiary/aromatic N) is 1. The van der Waals surface area contributed by atoms with E-state index in [9.17, 15) is 4.39 Å². The molecule has 0 radical (unpaired) electrons. The van der Waals surface area contributed by atoms with Crippen molar-refractivity contribution in [3.05, 3.63) is 39.3 Å². The second-order valence-electron chi connectivity index (χ2n) is 3.91. The van der Waals surface area contributed by atoms with Crippen molar-refractivity contribution in [2.75, 3.05) is 6.61 Å². The Labute approximate surface area is 107 Å². The van der Waals surface area contributed by atoms with Crippen LogP contribution in [0.4, 0.5) is 4.39 Å². The molecule has 0 unspecified atom stereocenters. The van der Waals surface area contributed by atoms with E-state index in [4.69, 9.17) is 27.9 Å². The molecule has 2 aromatic rings. The fraction of sp³-hybridized carbons (Fsp3) is 0.250. The molecule has 88 valence electrons. The summed E-state index contributed by atoms with van der Waals surface area (Å²) in [6.45, 7) is 1.02. The third kappa shape index (κ3) is 1.69. The van der Waals surface area contributed by atoms with Gasteiger partial charge in [0.15, 0.2) is 5.82 Å². The van der Waals surface area contributed by atoms with Crippen LogP contribution in [0.2, 0.25) is 10.0 Å². The Morgan fingerprint density at radius 3 is 2.94 bits per heavy atom. The monoisotopic (exact) mass is 271 g/mol. The number of aromatic nitrogens is 1. The molecule has 5 heteroatoms. The standard InChI is InChI=1S/C12H8Cl2FNO/c13-8-2-1-6-10(14)7-5-17-4-3-9(7)16-12(6)11(8)15/h1-2H,3-5H2. The highest BCUT2D eigenvalue weighted by atomic mass is 35.5. The summed E-state index contributed by atoms with van der Waals surface area (Å²) in [5.41, 5.74) is 1.89. The van der Waals surface area contributed by atoms with Gasteiger partial charge in [-0.15, -0.1) is 0 Å². The molecule has 0 spiro atoms. The third-order valence-corrected chi connectivity index (χ3v) is 3.62. The molecule has 2 nitrogen and oxygen atoms in total. The minimum Gasteiger partial charge on any atom is -0.376 e. The summed E-state index contributed by atoms with van der Waals surface area (Å²) < 4.78 is 19.2. The minimum absolute atomic E-state index is 0.0630. The van der Waals surface area contributed by atoms with Crippen LogP contribution in [0.3, 0.4) is 0 Å². The van der Waals surface area contributed by atoms with Gasteiger partial charge < -0.3 is 4.74 Å². The predicted octanol–water partition coefficient (Wildman–Crippen LogP) is 3.75. The van der Waals surface area contributed by atoms with Gasteiger partial charge >= 0.3 is 0 Å². The number of rotatable bonds is 0. The highest BCUT2D eigenvalue weighted by molar-refractivity contribution is 6.37. The van der Waals surface area contributed by atoms with Crippen molar-refractivity contribution >= 4 is 34.1 Å². The van der Waals surface area contributed by atoms with E-state index in [-0.39, 0.29) is 10.5 Å². The van der Waals surface area contributed by atoms with Crippen molar-refractivity contribution in [2.24, 2.45) is 0 Å². The zero-order valence-electron chi connectivity index (χ0n) is 8.77. The fourth-order valence-electron chi connectivity index (χ4n) is 2.01. The van der Waals surface area contributed by atoms with Gasteiger partial charge in [0.2, 0.25) is 0 Å². The first kappa shape index (κ1) is 11.2. The summed E-state index contributed by atoms with van der Waals surface area (Å²) in [6, 6.07) is 3.17. The van der Waals surface area contributed by atoms with E-state index in [1.807, 2.05) is 0 Å². The second kappa shape index (κ2) is 4.09. The Bertz CT molecular complexity index is 615. The molecule has 1 aliphatic rings. The Balaban J connectivity index is 2.40. The van der Waals surface area contributed by atoms with Crippen LogP contribution in [-0.2, 0) is 17.8 Å². The molecule has 0 amide bonds. The van der Waals surface area contributed by atoms with E-state index in [1.165, 1.54) is 6.07 Å². The first-order chi connectivity index (χ1) is 8.18. The molecule has 0 saturated heterocycles. The summed E-state index contributed by atoms with van der Waals surface area (Å²) >= 11 is 12.0. The van der Waals surface area contributed by atoms with Crippen LogP contribution in [0, 0.1) is 5.82 Å². The molecule has 2 heterocycles. The molecule has 0 N–H and O–H groups in total. The second-order valence-corrected chi connectivity index (χ2v) is 4.70. The van der Waals surface area contributed by atoms with Crippen LogP contribution in [0.1, 0.15) is 11.3 Å². The molecule has 1 aromatic carbocycles. The lowest BCUT2D eigenvalue weighted by Crippen LogP contribution is -2.13. The summed E-state index contributed by atoms with van der Waals surface area (Å²) in [6.07, 6.45) is 0.650. The lowest BCUT2D eigenvalue weighted by molar-refractivity contribution is 0.109. The van der Waals surface area contributed by atoms with Gasteiger partial charge in [0.1, 0.15) is 5.52 Å². The van der Waals surface area contributed by atoms with E-state index in [0.29, 0.717) is 30.0 Å². The highest BCUT2D eigenvalue weighted by Crippen LogP contribution is 2.33. The molecule has 0 atom stereocenters. The van der Waals surface area contributed by atoms with Crippen LogP contribution in [0.25, 0.3) is 10.9 Å². The average Bonchev–Trinajstić information content (AvgIpc) is 2.35. The summed E-state index contributed by atoms with van der Waals surface area (Å²) in [5, 5.41) is 1.16. The van der Waals surface area contributed by atoms with Crippen molar-refractivity contribution < 1.29 is 9.13 Å². The molecule has 1 aromatic heterocycles. The maximum atomic E-state index is 13.9. The van der Waals surface area contributed by atoms with E-state index in [2.05, 4.69) is 4.98 Å². The molecule has 3 rings (SSSR count). The molecular formula is C12H8Cl2FNO. The van der Waals surface area contributed by atoms with E-state index >= 15 is 0 Å². The Morgan fingerprint density at radius 1 is 1.29 bits per heavy atom. The van der Waals surface area contributed by atoms with Gasteiger partial charge in [-0.25, -0.2) is 9.37 Å². The van der Waals surface area contributed by atoms with Gasteiger partial charge in [-0.1, -0.05) is 23.2 Å². The topological polar surface area (TPSA) is 22.1 Å². The number of hydrogen-bond acceptors (Lipinski definition) is 2.